The predicted octanol–water partition coefficient (Wildman–Crippen LogP) is -0.217. The lowest BCUT2D eigenvalue weighted by atomic mass is 9.98. The molecule has 29 heavy (non-hydrogen) atoms. The normalized spacial score (nSPS) is 20.4. The summed E-state index contributed by atoms with van der Waals surface area (Å²) >= 11 is 0. The van der Waals surface area contributed by atoms with Crippen molar-refractivity contribution in [3.63, 3.8) is 0 Å². The van der Waals surface area contributed by atoms with Crippen LogP contribution in [0, 0.1) is 17.2 Å². The van der Waals surface area contributed by atoms with Crippen molar-refractivity contribution < 1.29 is 22.8 Å². The van der Waals surface area contributed by atoms with Crippen molar-refractivity contribution in [3.05, 3.63) is 24.3 Å². The fourth-order valence-corrected chi connectivity index (χ4v) is 5.13. The molecule has 158 valence electrons. The Labute approximate surface area is 172 Å². The Morgan fingerprint density at radius 1 is 1.31 bits per heavy atom. The van der Waals surface area contributed by atoms with Gasteiger partial charge in [-0.15, -0.1) is 0 Å². The van der Waals surface area contributed by atoms with Gasteiger partial charge in [0, 0.05) is 0 Å². The van der Waals surface area contributed by atoms with Crippen molar-refractivity contribution in [2.45, 2.75) is 37.1 Å². The minimum atomic E-state index is -3.56. The smallest absolute Gasteiger partial charge is 0.276 e. The van der Waals surface area contributed by atoms with Crippen LogP contribution in [-0.2, 0) is 14.8 Å². The van der Waals surface area contributed by atoms with Crippen LogP contribution < -0.4 is 15.0 Å². The fraction of sp³-hybridized carbons (Fsp3) is 0.600. The molecule has 3 rings (SSSR count). The highest BCUT2D eigenvalue weighted by atomic mass is 32.2. The third-order valence-electron chi connectivity index (χ3n) is 5.64. The van der Waals surface area contributed by atoms with Crippen LogP contribution in [0.3, 0.4) is 0 Å². The second-order valence-electron chi connectivity index (χ2n) is 7.87. The zero-order valence-electron chi connectivity index (χ0n) is 17.0. The first kappa shape index (κ1) is 21.6. The van der Waals surface area contributed by atoms with Gasteiger partial charge < -0.3 is 15.0 Å². The largest absolute Gasteiger partial charge is 0.494 e. The highest BCUT2D eigenvalue weighted by Gasteiger charge is 2.43. The number of nitriles is 1. The third-order valence-corrected chi connectivity index (χ3v) is 7.55. The highest BCUT2D eigenvalue weighted by molar-refractivity contribution is 7.89. The number of nitrogens with zero attached hydrogens (tertiary/aromatic N) is 2. The van der Waals surface area contributed by atoms with Crippen molar-refractivity contribution in [1.29, 1.82) is 5.26 Å². The molecule has 0 aromatic heterocycles. The molecule has 1 heterocycles. The molecule has 2 fully saturated rings. The number of ether oxygens (including phenoxy) is 1. The summed E-state index contributed by atoms with van der Waals surface area (Å²) in [5.74, 6) is 0.726. The molecule has 9 heteroatoms. The van der Waals surface area contributed by atoms with Crippen LogP contribution in [0.1, 0.15) is 26.7 Å². The molecular formula is C20H29N4O4S+. The van der Waals surface area contributed by atoms with Crippen molar-refractivity contribution in [1.82, 2.24) is 9.62 Å². The molecule has 1 aromatic carbocycles. The maximum atomic E-state index is 12.9. The summed E-state index contributed by atoms with van der Waals surface area (Å²) in [6.45, 7) is 6.25. The first-order valence-corrected chi connectivity index (χ1v) is 11.5. The first-order chi connectivity index (χ1) is 13.8. The van der Waals surface area contributed by atoms with E-state index >= 15 is 0 Å². The molecule has 0 radical (unpaired) electrons. The Morgan fingerprint density at radius 2 is 1.93 bits per heavy atom. The highest BCUT2D eigenvalue weighted by Crippen LogP contribution is 2.39. The molecule has 0 bridgehead atoms. The summed E-state index contributed by atoms with van der Waals surface area (Å²) < 4.78 is 32.5. The number of sulfonamides is 1. The summed E-state index contributed by atoms with van der Waals surface area (Å²) in [4.78, 5) is 13.6. The topological polar surface area (TPSA) is 104 Å². The van der Waals surface area contributed by atoms with Crippen LogP contribution in [0.15, 0.2) is 29.2 Å². The van der Waals surface area contributed by atoms with E-state index in [0.717, 1.165) is 17.7 Å². The van der Waals surface area contributed by atoms with E-state index in [4.69, 9.17) is 4.74 Å². The third kappa shape index (κ3) is 5.07. The van der Waals surface area contributed by atoms with E-state index in [2.05, 4.69) is 11.4 Å². The first-order valence-electron chi connectivity index (χ1n) is 10.1. The molecule has 1 aliphatic carbocycles. The molecule has 1 saturated carbocycles. The molecule has 1 atom stereocenters. The van der Waals surface area contributed by atoms with Crippen LogP contribution >= 0.6 is 0 Å². The molecule has 1 saturated heterocycles. The molecule has 1 aromatic rings. The standard InChI is InChI=1S/C20H28N4O4S/c1-3-28-17-6-8-18(9-7-17)29(26,27)24-12-10-23(11-13-24)14-19(25)22-20(2,15-21)16-4-5-16/h6-9,16H,3-5,10-14H2,1-2H3,(H,22,25)/p+1/t20-/m0/s1. The maximum absolute atomic E-state index is 12.9. The van der Waals surface area contributed by atoms with Gasteiger partial charge in [0.25, 0.3) is 5.91 Å². The second kappa shape index (κ2) is 8.69. The Hall–Kier alpha value is -2.15. The number of carbonyl (C=O) groups is 1. The average Bonchev–Trinajstić information content (AvgIpc) is 3.55. The van der Waals surface area contributed by atoms with Gasteiger partial charge in [-0.3, -0.25) is 4.79 Å². The van der Waals surface area contributed by atoms with Gasteiger partial charge >= 0.3 is 0 Å². The molecule has 1 aliphatic heterocycles. The number of benzene rings is 1. The van der Waals surface area contributed by atoms with Crippen LogP contribution in [0.2, 0.25) is 0 Å². The van der Waals surface area contributed by atoms with Gasteiger partial charge in [-0.1, -0.05) is 0 Å². The van der Waals surface area contributed by atoms with Gasteiger partial charge in [0.1, 0.15) is 11.3 Å². The Morgan fingerprint density at radius 3 is 2.45 bits per heavy atom. The van der Waals surface area contributed by atoms with Gasteiger partial charge in [0.2, 0.25) is 10.0 Å². The summed E-state index contributed by atoms with van der Waals surface area (Å²) in [6.07, 6.45) is 1.94. The predicted molar refractivity (Wildman–Crippen MR) is 107 cm³/mol. The van der Waals surface area contributed by atoms with Gasteiger partial charge in [-0.05, 0) is 56.9 Å². The summed E-state index contributed by atoms with van der Waals surface area (Å²) in [5, 5.41) is 12.2. The van der Waals surface area contributed by atoms with Gasteiger partial charge in [0.05, 0.1) is 43.8 Å². The van der Waals surface area contributed by atoms with E-state index in [1.54, 1.807) is 31.2 Å². The number of amides is 1. The Kier molecular flexibility index (Phi) is 6.46. The van der Waals surface area contributed by atoms with Gasteiger partial charge in [-0.25, -0.2) is 8.42 Å². The van der Waals surface area contributed by atoms with E-state index < -0.39 is 15.6 Å². The monoisotopic (exact) mass is 421 g/mol. The lowest BCUT2D eigenvalue weighted by Crippen LogP contribution is -3.16. The number of nitrogens with one attached hydrogen (secondary N) is 2. The van der Waals surface area contributed by atoms with E-state index in [-0.39, 0.29) is 23.3 Å². The summed E-state index contributed by atoms with van der Waals surface area (Å²) in [7, 11) is -3.56. The Bertz CT molecular complexity index is 869. The fourth-order valence-electron chi connectivity index (χ4n) is 3.69. The van der Waals surface area contributed by atoms with Crippen molar-refractivity contribution in [2.24, 2.45) is 5.92 Å². The Balaban J connectivity index is 1.53. The van der Waals surface area contributed by atoms with Gasteiger partial charge in [0.15, 0.2) is 6.54 Å². The molecule has 2 N–H and O–H groups in total. The molecular weight excluding hydrogens is 392 g/mol. The number of piperazine rings is 1. The van der Waals surface area contributed by atoms with Crippen LogP contribution in [0.25, 0.3) is 0 Å². The van der Waals surface area contributed by atoms with E-state index in [1.165, 1.54) is 4.31 Å². The number of carbonyl (C=O) groups excluding carboxylic acids is 1. The van der Waals surface area contributed by atoms with Gasteiger partial charge in [-0.2, -0.15) is 9.57 Å². The van der Waals surface area contributed by atoms with Crippen LogP contribution in [-0.4, -0.2) is 63.5 Å². The minimum Gasteiger partial charge on any atom is -0.494 e. The lowest BCUT2D eigenvalue weighted by molar-refractivity contribution is -0.895. The molecule has 8 nitrogen and oxygen atoms in total. The number of quaternary nitrogens is 1. The number of hydrogen-bond donors (Lipinski definition) is 2. The quantitative estimate of drug-likeness (QED) is 0.604. The molecule has 2 aliphatic rings. The SMILES string of the molecule is CCOc1ccc(S(=O)(=O)N2CC[NH+](CC(=O)N[C@@](C)(C#N)C3CC3)CC2)cc1. The van der Waals surface area contributed by atoms with Crippen LogP contribution in [0.5, 0.6) is 5.75 Å². The average molecular weight is 422 g/mol. The molecule has 0 spiro atoms. The number of hydrogen-bond acceptors (Lipinski definition) is 5. The maximum Gasteiger partial charge on any atom is 0.276 e. The summed E-state index contributed by atoms with van der Waals surface area (Å²) in [5.41, 5.74) is -0.796. The number of rotatable bonds is 8. The lowest BCUT2D eigenvalue weighted by Gasteiger charge is -2.32. The van der Waals surface area contributed by atoms with Crippen LogP contribution in [0.4, 0.5) is 0 Å². The molecule has 1 amide bonds. The second-order valence-corrected chi connectivity index (χ2v) is 9.81. The van der Waals surface area contributed by atoms with E-state index in [0.29, 0.717) is 38.5 Å². The van der Waals surface area contributed by atoms with Crippen molar-refractivity contribution >= 4 is 15.9 Å². The van der Waals surface area contributed by atoms with E-state index in [9.17, 15) is 18.5 Å². The summed E-state index contributed by atoms with van der Waals surface area (Å²) in [6, 6.07) is 8.68. The zero-order valence-corrected chi connectivity index (χ0v) is 17.8. The van der Waals surface area contributed by atoms with E-state index in [1.807, 2.05) is 6.92 Å². The van der Waals surface area contributed by atoms with Crippen molar-refractivity contribution in [2.75, 3.05) is 39.3 Å². The zero-order chi connectivity index (χ0) is 21.1. The molecule has 0 unspecified atom stereocenters. The minimum absolute atomic E-state index is 0.154. The van der Waals surface area contributed by atoms with Crippen molar-refractivity contribution in [3.8, 4) is 11.8 Å².